The van der Waals surface area contributed by atoms with Crippen molar-refractivity contribution in [3.05, 3.63) is 59.4 Å². The van der Waals surface area contributed by atoms with Gasteiger partial charge in [0, 0.05) is 62.0 Å². The SMILES string of the molecule is CCC[C@H](C)Oc1nc(N(Cc2ccc(OC)cc2OC)Cc2ccc(OC)cc2OC)c2ncc(C(O)C3CCN(OC(=O)N4CCCCC4C)CC3)n2n1. The first-order valence-corrected chi connectivity index (χ1v) is 19.7. The number of imidazole rings is 1. The van der Waals surface area contributed by atoms with Crippen LogP contribution in [0.25, 0.3) is 5.65 Å². The molecule has 0 bridgehead atoms. The van der Waals surface area contributed by atoms with Gasteiger partial charge in [0.1, 0.15) is 29.1 Å². The second kappa shape index (κ2) is 18.7. The number of piperidine rings is 2. The van der Waals surface area contributed by atoms with Gasteiger partial charge in [-0.15, -0.1) is 10.2 Å². The molecule has 0 aliphatic carbocycles. The van der Waals surface area contributed by atoms with E-state index in [1.54, 1.807) is 44.2 Å². The van der Waals surface area contributed by atoms with Gasteiger partial charge in [0.2, 0.25) is 0 Å². The molecule has 2 fully saturated rings. The molecule has 0 spiro atoms. The Kier molecular flexibility index (Phi) is 13.6. The molecule has 0 saturated carbocycles. The van der Waals surface area contributed by atoms with Gasteiger partial charge < -0.3 is 43.4 Å². The number of hydrogen-bond acceptors (Lipinski definition) is 13. The van der Waals surface area contributed by atoms with Gasteiger partial charge in [0.15, 0.2) is 11.5 Å². The maximum absolute atomic E-state index is 13.0. The van der Waals surface area contributed by atoms with Crippen molar-refractivity contribution in [1.29, 1.82) is 0 Å². The number of likely N-dealkylation sites (tertiary alicyclic amines) is 1. The molecule has 56 heavy (non-hydrogen) atoms. The highest BCUT2D eigenvalue weighted by Gasteiger charge is 2.33. The van der Waals surface area contributed by atoms with Crippen molar-refractivity contribution < 1.29 is 38.4 Å². The van der Waals surface area contributed by atoms with E-state index in [0.29, 0.717) is 79.2 Å². The highest BCUT2D eigenvalue weighted by atomic mass is 16.7. The monoisotopic (exact) mass is 775 g/mol. The van der Waals surface area contributed by atoms with E-state index in [9.17, 15) is 9.90 Å². The lowest BCUT2D eigenvalue weighted by Gasteiger charge is -2.36. The van der Waals surface area contributed by atoms with Gasteiger partial charge in [-0.05, 0) is 82.6 Å². The number of aliphatic hydroxyl groups is 1. The smallest absolute Gasteiger partial charge is 0.429 e. The molecule has 2 saturated heterocycles. The fourth-order valence-electron chi connectivity index (χ4n) is 7.61. The van der Waals surface area contributed by atoms with Gasteiger partial charge in [0.05, 0.1) is 46.4 Å². The van der Waals surface area contributed by atoms with E-state index in [-0.39, 0.29) is 30.2 Å². The Hall–Kier alpha value is -5.02. The molecule has 15 heteroatoms. The molecule has 2 unspecified atom stereocenters. The fraction of sp³-hybridized carbons (Fsp3) is 0.561. The van der Waals surface area contributed by atoms with E-state index >= 15 is 0 Å². The summed E-state index contributed by atoms with van der Waals surface area (Å²) in [6, 6.07) is 11.8. The van der Waals surface area contributed by atoms with E-state index in [1.165, 1.54) is 0 Å². The second-order valence-electron chi connectivity index (χ2n) is 14.7. The lowest BCUT2D eigenvalue weighted by molar-refractivity contribution is -0.139. The van der Waals surface area contributed by atoms with Crippen molar-refractivity contribution in [3.63, 3.8) is 0 Å². The lowest BCUT2D eigenvalue weighted by Crippen LogP contribution is -2.46. The van der Waals surface area contributed by atoms with Crippen LogP contribution >= 0.6 is 0 Å². The maximum atomic E-state index is 13.0. The number of methoxy groups -OCH3 is 4. The average molecular weight is 776 g/mol. The molecule has 2 aliphatic heterocycles. The molecule has 4 heterocycles. The standard InChI is InChI=1S/C41H57N7O8/c1-8-11-28(3)55-40-43-39(45(25-30-13-15-32(51-4)22-35(30)53-6)26-31-14-16-33(52-5)23-36(31)54-7)38-42-24-34(48(38)44-40)37(49)29-17-20-46(21-18-29)56-41(50)47-19-10-9-12-27(47)2/h13-16,22-24,27-29,37,49H,8-12,17-21,25-26H2,1-7H3/t27?,28-,37?/m0/s1. The average Bonchev–Trinajstić information content (AvgIpc) is 3.64. The van der Waals surface area contributed by atoms with Crippen molar-refractivity contribution in [2.75, 3.05) is 53.0 Å². The zero-order valence-corrected chi connectivity index (χ0v) is 33.8. The molecule has 304 valence electrons. The van der Waals surface area contributed by atoms with Gasteiger partial charge in [-0.2, -0.15) is 4.98 Å². The van der Waals surface area contributed by atoms with Crippen LogP contribution in [0, 0.1) is 5.92 Å². The molecular weight excluding hydrogens is 718 g/mol. The van der Waals surface area contributed by atoms with E-state index in [4.69, 9.17) is 43.6 Å². The van der Waals surface area contributed by atoms with Crippen LogP contribution in [0.1, 0.15) is 88.6 Å². The number of rotatable bonds is 16. The Morgan fingerprint density at radius 3 is 2.12 bits per heavy atom. The van der Waals surface area contributed by atoms with Crippen LogP contribution in [0.15, 0.2) is 42.6 Å². The summed E-state index contributed by atoms with van der Waals surface area (Å²) < 4.78 is 30.6. The van der Waals surface area contributed by atoms with Crippen LogP contribution in [0.2, 0.25) is 0 Å². The molecule has 1 amide bonds. The van der Waals surface area contributed by atoms with Crippen molar-refractivity contribution in [3.8, 4) is 29.0 Å². The number of nitrogens with zero attached hydrogens (tertiary/aromatic N) is 7. The molecule has 3 atom stereocenters. The van der Waals surface area contributed by atoms with Gasteiger partial charge in [-0.3, -0.25) is 0 Å². The molecule has 6 rings (SSSR count). The van der Waals surface area contributed by atoms with E-state index in [2.05, 4.69) is 18.7 Å². The maximum Gasteiger partial charge on any atom is 0.429 e. The van der Waals surface area contributed by atoms with E-state index in [0.717, 1.165) is 49.8 Å². The number of aromatic nitrogens is 4. The van der Waals surface area contributed by atoms with Crippen molar-refractivity contribution >= 4 is 17.6 Å². The number of hydrogen-bond donors (Lipinski definition) is 1. The number of hydroxylamine groups is 2. The van der Waals surface area contributed by atoms with Crippen molar-refractivity contribution in [2.24, 2.45) is 5.92 Å². The summed E-state index contributed by atoms with van der Waals surface area (Å²) in [4.78, 5) is 32.5. The Labute approximate surface area is 329 Å². The largest absolute Gasteiger partial charge is 0.497 e. The van der Waals surface area contributed by atoms with Crippen LogP contribution in [0.4, 0.5) is 10.6 Å². The number of fused-ring (bicyclic) bond motifs is 1. The Balaban J connectivity index is 1.34. The number of ether oxygens (including phenoxy) is 5. The number of aliphatic hydroxyl groups excluding tert-OH is 1. The summed E-state index contributed by atoms with van der Waals surface area (Å²) in [5.41, 5.74) is 2.75. The quantitative estimate of drug-likeness (QED) is 0.131. The van der Waals surface area contributed by atoms with Crippen molar-refractivity contribution in [2.45, 2.75) is 97.1 Å². The minimum absolute atomic E-state index is 0.121. The minimum atomic E-state index is -0.898. The third-order valence-electron chi connectivity index (χ3n) is 10.9. The molecule has 2 aromatic heterocycles. The molecule has 1 N–H and O–H groups in total. The topological polar surface area (TPSA) is 145 Å². The molecule has 15 nitrogen and oxygen atoms in total. The zero-order valence-electron chi connectivity index (χ0n) is 33.8. The van der Waals surface area contributed by atoms with Crippen LogP contribution < -0.4 is 28.6 Å². The predicted octanol–water partition coefficient (Wildman–Crippen LogP) is 6.60. The summed E-state index contributed by atoms with van der Waals surface area (Å²) in [5, 5.41) is 18.5. The molecular formula is C41H57N7O8. The first-order chi connectivity index (χ1) is 27.2. The summed E-state index contributed by atoms with van der Waals surface area (Å²) in [6.07, 6.45) is 6.40. The predicted molar refractivity (Wildman–Crippen MR) is 211 cm³/mol. The first kappa shape index (κ1) is 40.6. The van der Waals surface area contributed by atoms with Crippen LogP contribution in [0.3, 0.4) is 0 Å². The summed E-state index contributed by atoms with van der Waals surface area (Å²) in [5.74, 6) is 3.02. The first-order valence-electron chi connectivity index (χ1n) is 19.7. The van der Waals surface area contributed by atoms with Gasteiger partial charge >= 0.3 is 12.1 Å². The second-order valence-corrected chi connectivity index (χ2v) is 14.7. The Morgan fingerprint density at radius 2 is 1.55 bits per heavy atom. The Bertz CT molecular complexity index is 1860. The number of carbonyl (C=O) groups excluding carboxylic acids is 1. The van der Waals surface area contributed by atoms with Crippen molar-refractivity contribution in [1.82, 2.24) is 29.5 Å². The minimum Gasteiger partial charge on any atom is -0.497 e. The van der Waals surface area contributed by atoms with Crippen LogP contribution in [-0.4, -0.2) is 101 Å². The molecule has 4 aromatic rings. The Morgan fingerprint density at radius 1 is 0.911 bits per heavy atom. The third-order valence-corrected chi connectivity index (χ3v) is 10.9. The molecule has 2 aromatic carbocycles. The molecule has 0 radical (unpaired) electrons. The van der Waals surface area contributed by atoms with Gasteiger partial charge in [-0.1, -0.05) is 13.3 Å². The summed E-state index contributed by atoms with van der Waals surface area (Å²) in [7, 11) is 6.50. The third kappa shape index (κ3) is 9.32. The van der Waals surface area contributed by atoms with E-state index in [1.807, 2.05) is 48.2 Å². The summed E-state index contributed by atoms with van der Waals surface area (Å²) in [6.45, 7) is 8.62. The number of carbonyl (C=O) groups is 1. The molecule has 2 aliphatic rings. The van der Waals surface area contributed by atoms with Crippen LogP contribution in [-0.2, 0) is 17.9 Å². The fourth-order valence-corrected chi connectivity index (χ4v) is 7.61. The van der Waals surface area contributed by atoms with E-state index < -0.39 is 6.10 Å². The summed E-state index contributed by atoms with van der Waals surface area (Å²) >= 11 is 0. The zero-order chi connectivity index (χ0) is 39.8. The highest BCUT2D eigenvalue weighted by molar-refractivity contribution is 5.68. The normalized spacial score (nSPS) is 17.6. The lowest BCUT2D eigenvalue weighted by atomic mass is 9.90. The van der Waals surface area contributed by atoms with Gasteiger partial charge in [0.25, 0.3) is 0 Å². The highest BCUT2D eigenvalue weighted by Crippen LogP contribution is 2.36. The number of anilines is 1. The number of amides is 1. The number of benzene rings is 2. The van der Waals surface area contributed by atoms with Gasteiger partial charge in [-0.25, -0.2) is 14.3 Å². The van der Waals surface area contributed by atoms with Crippen LogP contribution in [0.5, 0.6) is 29.0 Å².